The second-order valence-corrected chi connectivity index (χ2v) is 4.34. The minimum absolute atomic E-state index is 0.132. The third-order valence-corrected chi connectivity index (χ3v) is 2.59. The van der Waals surface area contributed by atoms with Gasteiger partial charge in [-0.05, 0) is 28.1 Å². The summed E-state index contributed by atoms with van der Waals surface area (Å²) in [6.45, 7) is 3.53. The van der Waals surface area contributed by atoms with E-state index in [0.29, 0.717) is 10.2 Å². The van der Waals surface area contributed by atoms with Gasteiger partial charge in [-0.15, -0.1) is 0 Å². The van der Waals surface area contributed by atoms with Crippen LogP contribution in [0.4, 0.5) is 4.39 Å². The largest absolute Gasteiger partial charge is 0.495 e. The van der Waals surface area contributed by atoms with Crippen molar-refractivity contribution in [3.8, 4) is 5.75 Å². The molecule has 0 spiro atoms. The van der Waals surface area contributed by atoms with E-state index >= 15 is 0 Å². The van der Waals surface area contributed by atoms with Crippen molar-refractivity contribution in [2.75, 3.05) is 7.11 Å². The number of carbonyl (C=O) groups excluding carboxylic acids is 1. The standard InChI is InChI=1S/C11H12BrFO2/c1-6(2)10(14)8-4-7(13)5-9(12)11(8)15-3/h4-6H,1-3H3. The topological polar surface area (TPSA) is 26.3 Å². The number of hydrogen-bond acceptors (Lipinski definition) is 2. The number of hydrogen-bond donors (Lipinski definition) is 0. The van der Waals surface area contributed by atoms with Crippen molar-refractivity contribution >= 4 is 21.7 Å². The molecule has 1 aromatic carbocycles. The molecule has 2 nitrogen and oxygen atoms in total. The maximum absolute atomic E-state index is 13.1. The Morgan fingerprint density at radius 1 is 1.47 bits per heavy atom. The second kappa shape index (κ2) is 4.75. The Balaban J connectivity index is 3.32. The number of halogens is 2. The van der Waals surface area contributed by atoms with E-state index in [1.54, 1.807) is 13.8 Å². The Kier molecular flexibility index (Phi) is 3.85. The van der Waals surface area contributed by atoms with Crippen LogP contribution in [0.25, 0.3) is 0 Å². The average Bonchev–Trinajstić information content (AvgIpc) is 2.15. The fourth-order valence-electron chi connectivity index (χ4n) is 1.26. The lowest BCUT2D eigenvalue weighted by Gasteiger charge is -2.11. The lowest BCUT2D eigenvalue weighted by molar-refractivity contribution is 0.0935. The van der Waals surface area contributed by atoms with E-state index in [2.05, 4.69) is 15.9 Å². The number of ether oxygens (including phenoxy) is 1. The van der Waals surface area contributed by atoms with Crippen LogP contribution in [0.3, 0.4) is 0 Å². The van der Waals surface area contributed by atoms with Gasteiger partial charge in [0.1, 0.15) is 11.6 Å². The zero-order chi connectivity index (χ0) is 11.6. The van der Waals surface area contributed by atoms with Crippen molar-refractivity contribution in [3.05, 3.63) is 28.0 Å². The maximum Gasteiger partial charge on any atom is 0.169 e. The molecule has 0 aliphatic heterocycles. The van der Waals surface area contributed by atoms with E-state index in [-0.39, 0.29) is 17.3 Å². The maximum atomic E-state index is 13.1. The van der Waals surface area contributed by atoms with Gasteiger partial charge in [-0.25, -0.2) is 4.39 Å². The highest BCUT2D eigenvalue weighted by Gasteiger charge is 2.19. The molecule has 0 aliphatic carbocycles. The second-order valence-electron chi connectivity index (χ2n) is 3.49. The van der Waals surface area contributed by atoms with Crippen LogP contribution in [-0.2, 0) is 0 Å². The SMILES string of the molecule is COc1c(Br)cc(F)cc1C(=O)C(C)C. The van der Waals surface area contributed by atoms with Crippen molar-refractivity contribution in [1.29, 1.82) is 0 Å². The van der Waals surface area contributed by atoms with E-state index in [1.807, 2.05) is 0 Å². The normalized spacial score (nSPS) is 10.5. The molecule has 0 atom stereocenters. The lowest BCUT2D eigenvalue weighted by atomic mass is 10.0. The molecule has 0 amide bonds. The first-order valence-corrected chi connectivity index (χ1v) is 5.34. The molecule has 0 saturated carbocycles. The van der Waals surface area contributed by atoms with Crippen LogP contribution in [0.2, 0.25) is 0 Å². The summed E-state index contributed by atoms with van der Waals surface area (Å²) in [5.41, 5.74) is 0.277. The van der Waals surface area contributed by atoms with Crippen molar-refractivity contribution in [3.63, 3.8) is 0 Å². The van der Waals surface area contributed by atoms with Crippen LogP contribution in [-0.4, -0.2) is 12.9 Å². The third-order valence-electron chi connectivity index (χ3n) is 2.00. The first kappa shape index (κ1) is 12.2. The van der Waals surface area contributed by atoms with Gasteiger partial charge in [-0.3, -0.25) is 4.79 Å². The Morgan fingerprint density at radius 3 is 2.53 bits per heavy atom. The highest BCUT2D eigenvalue weighted by molar-refractivity contribution is 9.10. The van der Waals surface area contributed by atoms with E-state index in [4.69, 9.17) is 4.74 Å². The van der Waals surface area contributed by atoms with Crippen molar-refractivity contribution < 1.29 is 13.9 Å². The Hall–Kier alpha value is -0.900. The molecule has 0 fully saturated rings. The summed E-state index contributed by atoms with van der Waals surface area (Å²) >= 11 is 3.16. The van der Waals surface area contributed by atoms with Crippen molar-refractivity contribution in [1.82, 2.24) is 0 Å². The van der Waals surface area contributed by atoms with Gasteiger partial charge in [0.05, 0.1) is 17.1 Å². The number of Topliss-reactive ketones (excluding diaryl/α,β-unsaturated/α-hetero) is 1. The fraction of sp³-hybridized carbons (Fsp3) is 0.364. The molecule has 15 heavy (non-hydrogen) atoms. The van der Waals surface area contributed by atoms with Crippen LogP contribution in [0.5, 0.6) is 5.75 Å². The minimum Gasteiger partial charge on any atom is -0.495 e. The first-order valence-electron chi connectivity index (χ1n) is 4.54. The van der Waals surface area contributed by atoms with Crippen LogP contribution >= 0.6 is 15.9 Å². The molecule has 0 aliphatic rings. The number of rotatable bonds is 3. The van der Waals surface area contributed by atoms with Crippen LogP contribution in [0, 0.1) is 11.7 Å². The molecular weight excluding hydrogens is 263 g/mol. The van der Waals surface area contributed by atoms with E-state index < -0.39 is 5.82 Å². The fourth-order valence-corrected chi connectivity index (χ4v) is 1.86. The molecule has 0 radical (unpaired) electrons. The summed E-state index contributed by atoms with van der Waals surface area (Å²) in [6, 6.07) is 2.47. The predicted molar refractivity (Wildman–Crippen MR) is 59.8 cm³/mol. The summed E-state index contributed by atoms with van der Waals surface area (Å²) in [5, 5.41) is 0. The molecule has 0 heterocycles. The highest BCUT2D eigenvalue weighted by Crippen LogP contribution is 2.31. The van der Waals surface area contributed by atoms with Crippen molar-refractivity contribution in [2.24, 2.45) is 5.92 Å². The average molecular weight is 275 g/mol. The van der Waals surface area contributed by atoms with Gasteiger partial charge in [0.2, 0.25) is 0 Å². The Morgan fingerprint density at radius 2 is 2.07 bits per heavy atom. The molecule has 0 N–H and O–H groups in total. The molecule has 4 heteroatoms. The Labute approximate surface area is 96.6 Å². The number of ketones is 1. The summed E-state index contributed by atoms with van der Waals surface area (Å²) in [4.78, 5) is 11.8. The lowest BCUT2D eigenvalue weighted by Crippen LogP contribution is -2.10. The number of benzene rings is 1. The molecule has 0 aromatic heterocycles. The third kappa shape index (κ3) is 2.56. The zero-order valence-electron chi connectivity index (χ0n) is 8.80. The van der Waals surface area contributed by atoms with Gasteiger partial charge in [-0.1, -0.05) is 13.8 Å². The van der Waals surface area contributed by atoms with Gasteiger partial charge in [0.15, 0.2) is 5.78 Å². The summed E-state index contributed by atoms with van der Waals surface area (Å²) in [6.07, 6.45) is 0. The molecule has 0 saturated heterocycles. The number of methoxy groups -OCH3 is 1. The van der Waals surface area contributed by atoms with Crippen LogP contribution in [0.15, 0.2) is 16.6 Å². The molecule has 0 unspecified atom stereocenters. The molecular formula is C11H12BrFO2. The summed E-state index contributed by atoms with van der Waals surface area (Å²) in [5.74, 6) is -0.388. The quantitative estimate of drug-likeness (QED) is 0.790. The monoisotopic (exact) mass is 274 g/mol. The van der Waals surface area contributed by atoms with Gasteiger partial charge < -0.3 is 4.74 Å². The highest BCUT2D eigenvalue weighted by atomic mass is 79.9. The Bertz CT molecular complexity index is 388. The zero-order valence-corrected chi connectivity index (χ0v) is 10.4. The molecule has 0 bridgehead atoms. The molecule has 1 rings (SSSR count). The predicted octanol–water partition coefficient (Wildman–Crippen LogP) is 3.44. The van der Waals surface area contributed by atoms with E-state index in [9.17, 15) is 9.18 Å². The van der Waals surface area contributed by atoms with Gasteiger partial charge >= 0.3 is 0 Å². The molecule has 82 valence electrons. The van der Waals surface area contributed by atoms with E-state index in [1.165, 1.54) is 19.2 Å². The molecule has 1 aromatic rings. The van der Waals surface area contributed by atoms with Gasteiger partial charge in [0, 0.05) is 5.92 Å². The van der Waals surface area contributed by atoms with Gasteiger partial charge in [0.25, 0.3) is 0 Å². The first-order chi connectivity index (χ1) is 6.97. The van der Waals surface area contributed by atoms with Crippen LogP contribution < -0.4 is 4.74 Å². The van der Waals surface area contributed by atoms with Gasteiger partial charge in [-0.2, -0.15) is 0 Å². The van der Waals surface area contributed by atoms with Crippen molar-refractivity contribution in [2.45, 2.75) is 13.8 Å². The number of carbonyl (C=O) groups is 1. The summed E-state index contributed by atoms with van der Waals surface area (Å²) in [7, 11) is 1.45. The smallest absolute Gasteiger partial charge is 0.169 e. The van der Waals surface area contributed by atoms with E-state index in [0.717, 1.165) is 0 Å². The van der Waals surface area contributed by atoms with Crippen LogP contribution in [0.1, 0.15) is 24.2 Å². The summed E-state index contributed by atoms with van der Waals surface area (Å²) < 4.78 is 18.7. The minimum atomic E-state index is -0.452.